The fraction of sp³-hybridized carbons (Fsp3) is 0.714. The monoisotopic (exact) mass is 157 g/mol. The molecule has 2 atom stereocenters. The summed E-state index contributed by atoms with van der Waals surface area (Å²) < 4.78 is 0. The molecular weight excluding hydrogens is 146 g/mol. The number of hydrogen-bond acceptors (Lipinski definition) is 3. The van der Waals surface area contributed by atoms with Crippen LogP contribution in [0.2, 0.25) is 0 Å². The Bertz CT molecular complexity index is 173. The molecule has 0 aliphatic carbocycles. The van der Waals surface area contributed by atoms with Crippen LogP contribution in [0, 0.1) is 17.2 Å². The van der Waals surface area contributed by atoms with E-state index in [1.807, 2.05) is 0 Å². The minimum atomic E-state index is -1.05. The van der Waals surface area contributed by atoms with E-state index in [0.29, 0.717) is 6.42 Å². The molecule has 1 unspecified atom stereocenters. The molecule has 4 heteroatoms. The number of rotatable bonds is 4. The van der Waals surface area contributed by atoms with Gasteiger partial charge in [0, 0.05) is 0 Å². The van der Waals surface area contributed by atoms with Gasteiger partial charge in [0.15, 0.2) is 0 Å². The van der Waals surface area contributed by atoms with Crippen molar-refractivity contribution in [2.75, 3.05) is 0 Å². The Hall–Kier alpha value is -1.08. The lowest BCUT2D eigenvalue weighted by molar-refractivity contribution is -0.145. The molecule has 0 aromatic carbocycles. The van der Waals surface area contributed by atoms with Crippen molar-refractivity contribution in [3.05, 3.63) is 0 Å². The van der Waals surface area contributed by atoms with Crippen molar-refractivity contribution in [2.45, 2.75) is 25.9 Å². The zero-order valence-corrected chi connectivity index (χ0v) is 6.32. The summed E-state index contributed by atoms with van der Waals surface area (Å²) in [6, 6.07) is 1.72. The second kappa shape index (κ2) is 4.69. The van der Waals surface area contributed by atoms with Crippen LogP contribution in [0.25, 0.3) is 0 Å². The van der Waals surface area contributed by atoms with E-state index in [0.717, 1.165) is 0 Å². The fourth-order valence-corrected chi connectivity index (χ4v) is 0.847. The Labute approximate surface area is 65.1 Å². The van der Waals surface area contributed by atoms with Crippen molar-refractivity contribution in [1.82, 2.24) is 0 Å². The molecule has 0 amide bonds. The summed E-state index contributed by atoms with van der Waals surface area (Å²) in [4.78, 5) is 10.4. The van der Waals surface area contributed by atoms with Crippen molar-refractivity contribution in [3.63, 3.8) is 0 Å². The van der Waals surface area contributed by atoms with Crippen LogP contribution >= 0.6 is 0 Å². The Morgan fingerprint density at radius 3 is 2.55 bits per heavy atom. The average Bonchev–Trinajstić information content (AvgIpc) is 1.88. The molecule has 0 radical (unpaired) electrons. The number of aliphatic hydroxyl groups is 1. The summed E-state index contributed by atoms with van der Waals surface area (Å²) in [7, 11) is 0. The lowest BCUT2D eigenvalue weighted by Gasteiger charge is -2.13. The van der Waals surface area contributed by atoms with Gasteiger partial charge in [-0.2, -0.15) is 5.26 Å². The third-order valence-electron chi connectivity index (χ3n) is 1.52. The maximum atomic E-state index is 10.4. The molecule has 0 aliphatic heterocycles. The van der Waals surface area contributed by atoms with Crippen LogP contribution in [-0.4, -0.2) is 22.3 Å². The third-order valence-corrected chi connectivity index (χ3v) is 1.52. The van der Waals surface area contributed by atoms with Gasteiger partial charge < -0.3 is 10.2 Å². The van der Waals surface area contributed by atoms with E-state index >= 15 is 0 Å². The van der Waals surface area contributed by atoms with Gasteiger partial charge in [0.25, 0.3) is 0 Å². The Morgan fingerprint density at radius 2 is 2.27 bits per heavy atom. The summed E-state index contributed by atoms with van der Waals surface area (Å²) >= 11 is 0. The lowest BCUT2D eigenvalue weighted by atomic mass is 9.98. The molecule has 0 spiro atoms. The molecule has 0 saturated heterocycles. The van der Waals surface area contributed by atoms with E-state index in [4.69, 9.17) is 15.5 Å². The standard InChI is InChI=1S/C7H11NO3/c1-2-5(7(10)11)6(9)3-4-8/h5-6,9H,2-3H2,1H3,(H,10,11)/t5?,6-/m0/s1. The van der Waals surface area contributed by atoms with E-state index in [1.165, 1.54) is 0 Å². The first kappa shape index (κ1) is 9.92. The van der Waals surface area contributed by atoms with Crippen molar-refractivity contribution in [2.24, 2.45) is 5.92 Å². The summed E-state index contributed by atoms with van der Waals surface area (Å²) in [5.74, 6) is -1.86. The molecule has 0 bridgehead atoms. The molecule has 4 nitrogen and oxygen atoms in total. The molecular formula is C7H11NO3. The van der Waals surface area contributed by atoms with Gasteiger partial charge in [0.05, 0.1) is 24.5 Å². The van der Waals surface area contributed by atoms with E-state index < -0.39 is 18.0 Å². The second-order valence-corrected chi connectivity index (χ2v) is 2.28. The van der Waals surface area contributed by atoms with E-state index in [1.54, 1.807) is 13.0 Å². The molecule has 0 fully saturated rings. The summed E-state index contributed by atoms with van der Waals surface area (Å²) in [6.07, 6.45) is -0.814. The van der Waals surface area contributed by atoms with Crippen LogP contribution in [0.15, 0.2) is 0 Å². The number of hydrogen-bond donors (Lipinski definition) is 2. The molecule has 0 aromatic rings. The number of carboxylic acid groups (broad SMARTS) is 1. The van der Waals surface area contributed by atoms with E-state index in [9.17, 15) is 4.79 Å². The number of carboxylic acids is 1. The van der Waals surface area contributed by atoms with Crippen LogP contribution in [0.4, 0.5) is 0 Å². The van der Waals surface area contributed by atoms with Gasteiger partial charge in [-0.25, -0.2) is 0 Å². The van der Waals surface area contributed by atoms with Crippen LogP contribution in [0.5, 0.6) is 0 Å². The molecule has 0 saturated carbocycles. The first-order valence-electron chi connectivity index (χ1n) is 3.41. The summed E-state index contributed by atoms with van der Waals surface area (Å²) in [5.41, 5.74) is 0. The third kappa shape index (κ3) is 3.01. The fourth-order valence-electron chi connectivity index (χ4n) is 0.847. The van der Waals surface area contributed by atoms with Crippen molar-refractivity contribution in [1.29, 1.82) is 5.26 Å². The van der Waals surface area contributed by atoms with Gasteiger partial charge in [-0.15, -0.1) is 0 Å². The maximum Gasteiger partial charge on any atom is 0.309 e. The number of aliphatic carboxylic acids is 1. The number of nitriles is 1. The molecule has 0 heterocycles. The summed E-state index contributed by atoms with van der Waals surface area (Å²) in [6.45, 7) is 1.67. The molecule has 2 N–H and O–H groups in total. The smallest absolute Gasteiger partial charge is 0.309 e. The highest BCUT2D eigenvalue weighted by atomic mass is 16.4. The number of aliphatic hydroxyl groups excluding tert-OH is 1. The van der Waals surface area contributed by atoms with Gasteiger partial charge in [0.1, 0.15) is 0 Å². The molecule has 62 valence electrons. The van der Waals surface area contributed by atoms with Gasteiger partial charge >= 0.3 is 5.97 Å². The Morgan fingerprint density at radius 1 is 1.73 bits per heavy atom. The van der Waals surface area contributed by atoms with Gasteiger partial charge in [-0.05, 0) is 6.42 Å². The molecule has 0 aromatic heterocycles. The quantitative estimate of drug-likeness (QED) is 0.617. The van der Waals surface area contributed by atoms with E-state index in [2.05, 4.69) is 0 Å². The average molecular weight is 157 g/mol. The predicted molar refractivity (Wildman–Crippen MR) is 37.7 cm³/mol. The van der Waals surface area contributed by atoms with Crippen LogP contribution < -0.4 is 0 Å². The molecule has 11 heavy (non-hydrogen) atoms. The minimum Gasteiger partial charge on any atom is -0.481 e. The van der Waals surface area contributed by atoms with Crippen LogP contribution in [0.1, 0.15) is 19.8 Å². The lowest BCUT2D eigenvalue weighted by Crippen LogP contribution is -2.26. The minimum absolute atomic E-state index is 0.120. The first-order valence-corrected chi connectivity index (χ1v) is 3.41. The highest BCUT2D eigenvalue weighted by molar-refractivity contribution is 5.70. The molecule has 0 rings (SSSR count). The Balaban J connectivity index is 4.04. The highest BCUT2D eigenvalue weighted by Gasteiger charge is 2.23. The Kier molecular flexibility index (Phi) is 4.23. The highest BCUT2D eigenvalue weighted by Crippen LogP contribution is 2.11. The van der Waals surface area contributed by atoms with E-state index in [-0.39, 0.29) is 6.42 Å². The SMILES string of the molecule is CCC(C(=O)O)[C@@H](O)CC#N. The maximum absolute atomic E-state index is 10.4. The van der Waals surface area contributed by atoms with Crippen molar-refractivity contribution < 1.29 is 15.0 Å². The van der Waals surface area contributed by atoms with Crippen LogP contribution in [-0.2, 0) is 4.79 Å². The van der Waals surface area contributed by atoms with Gasteiger partial charge in [0.2, 0.25) is 0 Å². The normalized spacial score (nSPS) is 15.0. The second-order valence-electron chi connectivity index (χ2n) is 2.28. The van der Waals surface area contributed by atoms with Crippen LogP contribution in [0.3, 0.4) is 0 Å². The van der Waals surface area contributed by atoms with Crippen molar-refractivity contribution in [3.8, 4) is 6.07 Å². The van der Waals surface area contributed by atoms with Crippen molar-refractivity contribution >= 4 is 5.97 Å². The van der Waals surface area contributed by atoms with Gasteiger partial charge in [-0.3, -0.25) is 4.79 Å². The first-order chi connectivity index (χ1) is 5.13. The number of carbonyl (C=O) groups is 1. The largest absolute Gasteiger partial charge is 0.481 e. The summed E-state index contributed by atoms with van der Waals surface area (Å²) in [5, 5.41) is 25.7. The molecule has 0 aliphatic rings. The topological polar surface area (TPSA) is 81.3 Å². The zero-order chi connectivity index (χ0) is 8.85. The predicted octanol–water partition coefficient (Wildman–Crippen LogP) is 0.372. The number of nitrogens with zero attached hydrogens (tertiary/aromatic N) is 1. The van der Waals surface area contributed by atoms with Gasteiger partial charge in [-0.1, -0.05) is 6.92 Å². The zero-order valence-electron chi connectivity index (χ0n) is 6.32.